The van der Waals surface area contributed by atoms with E-state index in [-0.39, 0.29) is 6.61 Å². The first-order valence-corrected chi connectivity index (χ1v) is 16.1. The highest BCUT2D eigenvalue weighted by Gasteiger charge is 2.44. The largest absolute Gasteiger partial charge is 0.394 e. The maximum absolute atomic E-state index is 12.7. The lowest BCUT2D eigenvalue weighted by Gasteiger charge is -2.40. The van der Waals surface area contributed by atoms with Gasteiger partial charge in [-0.05, 0) is 18.1 Å². The SMILES string of the molecule is CCCCCCCCCCCCCC[C@@H](O)[C@@H](O)[C@H](CO[C@H]1O[C@H](CO)[C@H](O)[C@H](O)[C@H]1O)NC(=O)/C=C\c1ccccc1. The van der Waals surface area contributed by atoms with Gasteiger partial charge in [-0.2, -0.15) is 0 Å². The van der Waals surface area contributed by atoms with E-state index >= 15 is 0 Å². The van der Waals surface area contributed by atoms with Crippen LogP contribution in [0.25, 0.3) is 6.08 Å². The van der Waals surface area contributed by atoms with Crippen molar-refractivity contribution in [2.45, 2.75) is 139 Å². The molecular formula is C33H55NO9. The summed E-state index contributed by atoms with van der Waals surface area (Å²) in [5, 5.41) is 64.2. The summed E-state index contributed by atoms with van der Waals surface area (Å²) in [4.78, 5) is 12.7. The Morgan fingerprint density at radius 3 is 2.05 bits per heavy atom. The van der Waals surface area contributed by atoms with Crippen LogP contribution in [-0.4, -0.2) is 98.7 Å². The Balaban J connectivity index is 1.85. The van der Waals surface area contributed by atoms with Crippen LogP contribution in [0.3, 0.4) is 0 Å². The second-order valence-electron chi connectivity index (χ2n) is 11.6. The highest BCUT2D eigenvalue weighted by atomic mass is 16.7. The summed E-state index contributed by atoms with van der Waals surface area (Å²) in [6, 6.07) is 8.12. The van der Waals surface area contributed by atoms with Gasteiger partial charge in [0.1, 0.15) is 30.5 Å². The van der Waals surface area contributed by atoms with Crippen molar-refractivity contribution in [3.05, 3.63) is 42.0 Å². The third-order valence-electron chi connectivity index (χ3n) is 8.00. The fraction of sp³-hybridized carbons (Fsp3) is 0.727. The van der Waals surface area contributed by atoms with Crippen molar-refractivity contribution in [3.63, 3.8) is 0 Å². The van der Waals surface area contributed by atoms with E-state index in [4.69, 9.17) is 9.47 Å². The van der Waals surface area contributed by atoms with Crippen molar-refractivity contribution in [2.24, 2.45) is 0 Å². The summed E-state index contributed by atoms with van der Waals surface area (Å²) >= 11 is 0. The number of benzene rings is 1. The molecule has 0 aliphatic carbocycles. The normalized spacial score (nSPS) is 24.6. The van der Waals surface area contributed by atoms with E-state index in [0.717, 1.165) is 31.2 Å². The molecule has 10 nitrogen and oxygen atoms in total. The Bertz CT molecular complexity index is 884. The first-order valence-electron chi connectivity index (χ1n) is 16.1. The van der Waals surface area contributed by atoms with Gasteiger partial charge in [-0.1, -0.05) is 114 Å². The second kappa shape index (κ2) is 21.8. The molecule has 43 heavy (non-hydrogen) atoms. The fourth-order valence-electron chi connectivity index (χ4n) is 5.23. The number of hydrogen-bond donors (Lipinski definition) is 7. The molecule has 1 saturated heterocycles. The summed E-state index contributed by atoms with van der Waals surface area (Å²) in [6.45, 7) is 1.24. The second-order valence-corrected chi connectivity index (χ2v) is 11.6. The molecule has 0 bridgehead atoms. The predicted octanol–water partition coefficient (Wildman–Crippen LogP) is 2.81. The van der Waals surface area contributed by atoms with E-state index in [1.165, 1.54) is 57.4 Å². The topological polar surface area (TPSA) is 169 Å². The van der Waals surface area contributed by atoms with E-state index in [0.29, 0.717) is 6.42 Å². The van der Waals surface area contributed by atoms with Crippen molar-refractivity contribution in [1.82, 2.24) is 5.32 Å². The molecule has 1 aromatic rings. The van der Waals surface area contributed by atoms with Crippen molar-refractivity contribution in [3.8, 4) is 0 Å². The van der Waals surface area contributed by atoms with Crippen LogP contribution in [0.4, 0.5) is 0 Å². The average molecular weight is 610 g/mol. The van der Waals surface area contributed by atoms with Gasteiger partial charge in [0.05, 0.1) is 25.4 Å². The molecule has 1 aliphatic rings. The molecule has 2 rings (SSSR count). The number of rotatable bonds is 22. The van der Waals surface area contributed by atoms with Gasteiger partial charge in [-0.15, -0.1) is 0 Å². The molecule has 1 aromatic carbocycles. The number of unbranched alkanes of at least 4 members (excludes halogenated alkanes) is 11. The summed E-state index contributed by atoms with van der Waals surface area (Å²) in [5.74, 6) is -0.525. The monoisotopic (exact) mass is 609 g/mol. The summed E-state index contributed by atoms with van der Waals surface area (Å²) in [7, 11) is 0. The third-order valence-corrected chi connectivity index (χ3v) is 8.00. The molecule has 0 unspecified atom stereocenters. The molecule has 246 valence electrons. The zero-order valence-corrected chi connectivity index (χ0v) is 25.7. The van der Waals surface area contributed by atoms with Crippen molar-refractivity contribution in [1.29, 1.82) is 0 Å². The molecule has 0 saturated carbocycles. The maximum Gasteiger partial charge on any atom is 0.244 e. The Hall–Kier alpha value is -1.89. The number of nitrogens with one attached hydrogen (secondary N) is 1. The Morgan fingerprint density at radius 2 is 1.47 bits per heavy atom. The van der Waals surface area contributed by atoms with Gasteiger partial charge in [-0.3, -0.25) is 4.79 Å². The highest BCUT2D eigenvalue weighted by molar-refractivity contribution is 5.91. The van der Waals surface area contributed by atoms with Crippen LogP contribution in [0.2, 0.25) is 0 Å². The van der Waals surface area contributed by atoms with E-state index in [9.17, 15) is 35.4 Å². The van der Waals surface area contributed by atoms with Crippen LogP contribution in [0, 0.1) is 0 Å². The molecule has 0 aromatic heterocycles. The van der Waals surface area contributed by atoms with Gasteiger partial charge in [-0.25, -0.2) is 0 Å². The zero-order chi connectivity index (χ0) is 31.5. The summed E-state index contributed by atoms with van der Waals surface area (Å²) in [6.07, 6.45) is 7.50. The fourth-order valence-corrected chi connectivity index (χ4v) is 5.23. The van der Waals surface area contributed by atoms with Gasteiger partial charge < -0.3 is 45.4 Å². The molecule has 8 atom stereocenters. The molecule has 10 heteroatoms. The first-order chi connectivity index (χ1) is 20.8. The first kappa shape index (κ1) is 37.3. The molecule has 0 radical (unpaired) electrons. The Labute approximate surface area is 256 Å². The van der Waals surface area contributed by atoms with Crippen LogP contribution in [0.5, 0.6) is 0 Å². The molecular weight excluding hydrogens is 554 g/mol. The molecule has 1 heterocycles. The number of carbonyl (C=O) groups excluding carboxylic acids is 1. The number of aliphatic hydroxyl groups excluding tert-OH is 6. The third kappa shape index (κ3) is 14.2. The standard InChI is InChI=1S/C33H55NO9/c1-2-3-4-5-6-7-8-9-10-11-12-16-19-26(36)29(38)25(34-28(37)21-20-24-17-14-13-15-18-24)23-42-33-32(41)31(40)30(39)27(22-35)43-33/h13-15,17-18,20-21,25-27,29-33,35-36,38-41H,2-12,16,19,22-23H2,1H3,(H,34,37)/b21-20-/t25-,26+,27+,29-,30-,31-,32+,33-/m0/s1. The zero-order valence-electron chi connectivity index (χ0n) is 25.7. The van der Waals surface area contributed by atoms with Crippen LogP contribution in [0.1, 0.15) is 96.0 Å². The van der Waals surface area contributed by atoms with Crippen LogP contribution in [0.15, 0.2) is 36.4 Å². The van der Waals surface area contributed by atoms with Gasteiger partial charge >= 0.3 is 0 Å². The van der Waals surface area contributed by atoms with Crippen LogP contribution >= 0.6 is 0 Å². The highest BCUT2D eigenvalue weighted by Crippen LogP contribution is 2.23. The molecule has 1 fully saturated rings. The lowest BCUT2D eigenvalue weighted by atomic mass is 9.98. The van der Waals surface area contributed by atoms with Crippen molar-refractivity contribution < 1.29 is 44.9 Å². The van der Waals surface area contributed by atoms with Crippen LogP contribution in [-0.2, 0) is 14.3 Å². The van der Waals surface area contributed by atoms with E-state index in [1.807, 2.05) is 30.3 Å². The lowest BCUT2D eigenvalue weighted by molar-refractivity contribution is -0.303. The molecule has 1 aliphatic heterocycles. The number of aliphatic hydroxyl groups is 6. The van der Waals surface area contributed by atoms with Crippen molar-refractivity contribution >= 4 is 12.0 Å². The summed E-state index contributed by atoms with van der Waals surface area (Å²) in [5.41, 5.74) is 0.805. The number of amides is 1. The average Bonchev–Trinajstić information content (AvgIpc) is 3.02. The van der Waals surface area contributed by atoms with Crippen molar-refractivity contribution in [2.75, 3.05) is 13.2 Å². The smallest absolute Gasteiger partial charge is 0.244 e. The van der Waals surface area contributed by atoms with E-state index < -0.39 is 61.5 Å². The number of ether oxygens (including phenoxy) is 2. The minimum Gasteiger partial charge on any atom is -0.394 e. The Kier molecular flexibility index (Phi) is 18.9. The minimum atomic E-state index is -1.63. The maximum atomic E-state index is 12.7. The van der Waals surface area contributed by atoms with Gasteiger partial charge in [0.15, 0.2) is 6.29 Å². The van der Waals surface area contributed by atoms with Gasteiger partial charge in [0.2, 0.25) is 5.91 Å². The molecule has 7 N–H and O–H groups in total. The molecule has 1 amide bonds. The van der Waals surface area contributed by atoms with Crippen LogP contribution < -0.4 is 5.32 Å². The Morgan fingerprint density at radius 1 is 0.884 bits per heavy atom. The lowest BCUT2D eigenvalue weighted by Crippen LogP contribution is -2.60. The molecule has 0 spiro atoms. The predicted molar refractivity (Wildman–Crippen MR) is 165 cm³/mol. The number of hydrogen-bond acceptors (Lipinski definition) is 9. The van der Waals surface area contributed by atoms with Gasteiger partial charge in [0, 0.05) is 6.08 Å². The van der Waals surface area contributed by atoms with E-state index in [1.54, 1.807) is 6.08 Å². The quantitative estimate of drug-likeness (QED) is 0.0772. The summed E-state index contributed by atoms with van der Waals surface area (Å²) < 4.78 is 11.0. The van der Waals surface area contributed by atoms with E-state index in [2.05, 4.69) is 12.2 Å². The van der Waals surface area contributed by atoms with Gasteiger partial charge in [0.25, 0.3) is 0 Å². The minimum absolute atomic E-state index is 0.338. The number of carbonyl (C=O) groups is 1.